The van der Waals surface area contributed by atoms with Crippen LogP contribution >= 0.6 is 11.6 Å². The van der Waals surface area contributed by atoms with Gasteiger partial charge in [-0.25, -0.2) is 4.39 Å². The number of halogens is 2. The number of aliphatic hydroxyl groups excluding tert-OH is 1. The molecule has 0 amide bonds. The molecule has 0 fully saturated rings. The Kier molecular flexibility index (Phi) is 4.97. The molecule has 1 heterocycles. The summed E-state index contributed by atoms with van der Waals surface area (Å²) < 4.78 is 26.8. The standard InChI is InChI=1S/C19H17ClFNO3/c1-24-16-8-6-14(21)17(19(16)25-2)18(23)13-11-12(20)5-7-15(13)22-9-3-4-10-22/h3-11,18,23H,1-2H3. The summed E-state index contributed by atoms with van der Waals surface area (Å²) in [5.74, 6) is -0.112. The minimum Gasteiger partial charge on any atom is -0.493 e. The molecule has 6 heteroatoms. The van der Waals surface area contributed by atoms with Crippen molar-refractivity contribution in [1.29, 1.82) is 0 Å². The van der Waals surface area contributed by atoms with Crippen molar-refractivity contribution in [2.75, 3.05) is 14.2 Å². The van der Waals surface area contributed by atoms with Crippen molar-refractivity contribution in [3.63, 3.8) is 0 Å². The molecule has 0 saturated heterocycles. The van der Waals surface area contributed by atoms with Crippen molar-refractivity contribution in [2.45, 2.75) is 6.10 Å². The molecule has 0 aliphatic rings. The highest BCUT2D eigenvalue weighted by atomic mass is 35.5. The molecule has 4 nitrogen and oxygen atoms in total. The van der Waals surface area contributed by atoms with Gasteiger partial charge in [0.1, 0.15) is 11.9 Å². The second-order valence-electron chi connectivity index (χ2n) is 5.39. The molecule has 1 N–H and O–H groups in total. The number of rotatable bonds is 5. The van der Waals surface area contributed by atoms with Gasteiger partial charge in [0.25, 0.3) is 0 Å². The number of ether oxygens (including phenoxy) is 2. The van der Waals surface area contributed by atoms with Crippen LogP contribution in [0.4, 0.5) is 4.39 Å². The highest BCUT2D eigenvalue weighted by Gasteiger charge is 2.26. The maximum Gasteiger partial charge on any atom is 0.169 e. The SMILES string of the molecule is COc1ccc(F)c(C(O)c2cc(Cl)ccc2-n2cccc2)c1OC. The van der Waals surface area contributed by atoms with Gasteiger partial charge in [-0.1, -0.05) is 11.6 Å². The lowest BCUT2D eigenvalue weighted by Crippen LogP contribution is -2.10. The number of hydrogen-bond donors (Lipinski definition) is 1. The van der Waals surface area contributed by atoms with Gasteiger partial charge in [0, 0.05) is 23.0 Å². The second kappa shape index (κ2) is 7.17. The number of hydrogen-bond acceptors (Lipinski definition) is 3. The largest absolute Gasteiger partial charge is 0.493 e. The first kappa shape index (κ1) is 17.3. The van der Waals surface area contributed by atoms with Crippen LogP contribution in [0.1, 0.15) is 17.2 Å². The monoisotopic (exact) mass is 361 g/mol. The van der Waals surface area contributed by atoms with Crippen LogP contribution in [0.3, 0.4) is 0 Å². The fourth-order valence-electron chi connectivity index (χ4n) is 2.81. The van der Waals surface area contributed by atoms with Crippen LogP contribution < -0.4 is 9.47 Å². The summed E-state index contributed by atoms with van der Waals surface area (Å²) in [5.41, 5.74) is 1.14. The molecule has 0 radical (unpaired) electrons. The second-order valence-corrected chi connectivity index (χ2v) is 5.83. The van der Waals surface area contributed by atoms with Crippen molar-refractivity contribution in [2.24, 2.45) is 0 Å². The van der Waals surface area contributed by atoms with E-state index in [0.717, 1.165) is 0 Å². The molecule has 0 aliphatic carbocycles. The fraction of sp³-hybridized carbons (Fsp3) is 0.158. The third kappa shape index (κ3) is 3.21. The number of nitrogens with zero attached hydrogens (tertiary/aromatic N) is 1. The number of benzene rings is 2. The Bertz CT molecular complexity index is 881. The van der Waals surface area contributed by atoms with Gasteiger partial charge in [0.15, 0.2) is 11.5 Å². The third-order valence-corrected chi connectivity index (χ3v) is 4.21. The van der Waals surface area contributed by atoms with Crippen LogP contribution in [0.2, 0.25) is 5.02 Å². The summed E-state index contributed by atoms with van der Waals surface area (Å²) >= 11 is 6.11. The van der Waals surface area contributed by atoms with E-state index in [0.29, 0.717) is 22.0 Å². The molecule has 0 aliphatic heterocycles. The highest BCUT2D eigenvalue weighted by Crippen LogP contribution is 2.40. The van der Waals surface area contributed by atoms with Gasteiger partial charge < -0.3 is 19.1 Å². The first-order chi connectivity index (χ1) is 12.1. The van der Waals surface area contributed by atoms with E-state index in [2.05, 4.69) is 0 Å². The molecule has 25 heavy (non-hydrogen) atoms. The summed E-state index contributed by atoms with van der Waals surface area (Å²) in [4.78, 5) is 0. The molecule has 0 bridgehead atoms. The molecule has 0 spiro atoms. The predicted molar refractivity (Wildman–Crippen MR) is 94.3 cm³/mol. The quantitative estimate of drug-likeness (QED) is 0.734. The van der Waals surface area contributed by atoms with Crippen LogP contribution in [0.5, 0.6) is 11.5 Å². The average Bonchev–Trinajstić information content (AvgIpc) is 3.15. The highest BCUT2D eigenvalue weighted by molar-refractivity contribution is 6.30. The molecule has 1 atom stereocenters. The van der Waals surface area contributed by atoms with Crippen LogP contribution in [-0.2, 0) is 0 Å². The molecule has 1 unspecified atom stereocenters. The Labute approximate surface area is 150 Å². The first-order valence-corrected chi connectivity index (χ1v) is 7.95. The van der Waals surface area contributed by atoms with E-state index in [4.69, 9.17) is 21.1 Å². The van der Waals surface area contributed by atoms with E-state index in [1.54, 1.807) is 18.2 Å². The number of aliphatic hydroxyl groups is 1. The van der Waals surface area contributed by atoms with Gasteiger partial charge in [-0.15, -0.1) is 0 Å². The summed E-state index contributed by atoms with van der Waals surface area (Å²) in [7, 11) is 2.86. The van der Waals surface area contributed by atoms with Crippen LogP contribution in [0.15, 0.2) is 54.9 Å². The van der Waals surface area contributed by atoms with Crippen LogP contribution in [0.25, 0.3) is 5.69 Å². The minimum atomic E-state index is -1.29. The lowest BCUT2D eigenvalue weighted by atomic mass is 9.98. The van der Waals surface area contributed by atoms with Gasteiger partial charge >= 0.3 is 0 Å². The number of aromatic nitrogens is 1. The Morgan fingerprint density at radius 3 is 2.44 bits per heavy atom. The van der Waals surface area contributed by atoms with E-state index in [1.165, 1.54) is 26.4 Å². The summed E-state index contributed by atoms with van der Waals surface area (Å²) in [6.07, 6.45) is 2.37. The van der Waals surface area contributed by atoms with Crippen molar-refractivity contribution >= 4 is 11.6 Å². The molecule has 3 rings (SSSR count). The van der Waals surface area contributed by atoms with Crippen molar-refractivity contribution in [3.05, 3.63) is 76.8 Å². The van der Waals surface area contributed by atoms with Gasteiger partial charge in [0.2, 0.25) is 0 Å². The molecule has 2 aromatic carbocycles. The third-order valence-electron chi connectivity index (χ3n) is 3.97. The topological polar surface area (TPSA) is 43.6 Å². The molecular weight excluding hydrogens is 345 g/mol. The van der Waals surface area contributed by atoms with E-state index in [9.17, 15) is 9.50 Å². The Balaban J connectivity index is 2.20. The van der Waals surface area contributed by atoms with E-state index in [1.807, 2.05) is 29.1 Å². The van der Waals surface area contributed by atoms with Gasteiger partial charge in [-0.3, -0.25) is 0 Å². The fourth-order valence-corrected chi connectivity index (χ4v) is 2.99. The minimum absolute atomic E-state index is 0.00229. The Morgan fingerprint density at radius 2 is 1.80 bits per heavy atom. The lowest BCUT2D eigenvalue weighted by Gasteiger charge is -2.21. The van der Waals surface area contributed by atoms with Gasteiger partial charge in [-0.05, 0) is 42.5 Å². The van der Waals surface area contributed by atoms with Crippen molar-refractivity contribution in [3.8, 4) is 17.2 Å². The van der Waals surface area contributed by atoms with Crippen LogP contribution in [0, 0.1) is 5.82 Å². The zero-order valence-corrected chi connectivity index (χ0v) is 14.5. The van der Waals surface area contributed by atoms with E-state index in [-0.39, 0.29) is 11.3 Å². The zero-order valence-electron chi connectivity index (χ0n) is 13.7. The molecule has 3 aromatic rings. The van der Waals surface area contributed by atoms with E-state index < -0.39 is 11.9 Å². The van der Waals surface area contributed by atoms with Gasteiger partial charge in [-0.2, -0.15) is 0 Å². The summed E-state index contributed by atoms with van der Waals surface area (Å²) in [6.45, 7) is 0. The van der Waals surface area contributed by atoms with Crippen molar-refractivity contribution < 1.29 is 19.0 Å². The predicted octanol–water partition coefficient (Wildman–Crippen LogP) is 4.37. The first-order valence-electron chi connectivity index (χ1n) is 7.58. The smallest absolute Gasteiger partial charge is 0.169 e. The molecule has 0 saturated carbocycles. The summed E-state index contributed by atoms with van der Waals surface area (Å²) in [5, 5.41) is 11.4. The zero-order chi connectivity index (χ0) is 18.0. The normalized spacial score (nSPS) is 12.0. The maximum atomic E-state index is 14.5. The van der Waals surface area contributed by atoms with E-state index >= 15 is 0 Å². The maximum absolute atomic E-state index is 14.5. The molecule has 1 aromatic heterocycles. The molecule has 130 valence electrons. The average molecular weight is 362 g/mol. The van der Waals surface area contributed by atoms with Crippen molar-refractivity contribution in [1.82, 2.24) is 4.57 Å². The number of methoxy groups -OCH3 is 2. The van der Waals surface area contributed by atoms with Gasteiger partial charge in [0.05, 0.1) is 25.5 Å². The van der Waals surface area contributed by atoms with Crippen LogP contribution in [-0.4, -0.2) is 23.9 Å². The Morgan fingerprint density at radius 1 is 1.08 bits per heavy atom. The summed E-state index contributed by atoms with van der Waals surface area (Å²) in [6, 6.07) is 11.5. The lowest BCUT2D eigenvalue weighted by molar-refractivity contribution is 0.207. The molecular formula is C19H17ClFNO3. The Hall–Kier alpha value is -2.50.